The van der Waals surface area contributed by atoms with Crippen molar-refractivity contribution in [2.75, 3.05) is 6.61 Å². The molecule has 148 valence electrons. The molecule has 1 aromatic carbocycles. The molecular weight excluding hydrogens is 421 g/mol. The zero-order valence-corrected chi connectivity index (χ0v) is 16.3. The van der Waals surface area contributed by atoms with E-state index >= 15 is 0 Å². The summed E-state index contributed by atoms with van der Waals surface area (Å²) in [5.41, 5.74) is -0.00742. The van der Waals surface area contributed by atoms with Crippen molar-refractivity contribution in [3.05, 3.63) is 34.6 Å². The van der Waals surface area contributed by atoms with E-state index in [1.54, 1.807) is 3.56 Å². The summed E-state index contributed by atoms with van der Waals surface area (Å²) in [6, 6.07) is 7.49. The molecule has 8 nitrogen and oxygen atoms in total. The Kier molecular flexibility index (Phi) is 6.65. The molecule has 1 aliphatic rings. The molecule has 2 aromatic rings. The van der Waals surface area contributed by atoms with Gasteiger partial charge in [0, 0.05) is 0 Å². The number of carbonyl (C=O) groups excluding carboxylic acids is 1. The third-order valence-electron chi connectivity index (χ3n) is 4.79. The van der Waals surface area contributed by atoms with Crippen molar-refractivity contribution < 1.29 is 30.0 Å². The number of ketones is 1. The van der Waals surface area contributed by atoms with Crippen molar-refractivity contribution in [2.24, 2.45) is 0 Å². The quantitative estimate of drug-likeness (QED) is 0.389. The number of fused-ring (bicyclic) bond motifs is 1. The van der Waals surface area contributed by atoms with Crippen molar-refractivity contribution in [1.29, 1.82) is 0 Å². The number of hydrogen-bond acceptors (Lipinski definition) is 7. The summed E-state index contributed by atoms with van der Waals surface area (Å²) in [4.78, 5) is 24.5. The van der Waals surface area contributed by atoms with E-state index in [4.69, 9.17) is 4.74 Å². The number of rotatable bonds is 7. The van der Waals surface area contributed by atoms with Gasteiger partial charge in [-0.25, -0.2) is 0 Å². The summed E-state index contributed by atoms with van der Waals surface area (Å²) in [5, 5.41) is 39.4. The Morgan fingerprint density at radius 3 is 2.52 bits per heavy atom. The number of aliphatic hydroxyl groups is 4. The van der Waals surface area contributed by atoms with Gasteiger partial charge in [0.25, 0.3) is 0 Å². The molecule has 1 fully saturated rings. The van der Waals surface area contributed by atoms with E-state index in [9.17, 15) is 30.0 Å². The molecule has 1 aliphatic heterocycles. The molecule has 1 aromatic heterocycles. The van der Waals surface area contributed by atoms with Gasteiger partial charge in [0.15, 0.2) is 0 Å². The molecule has 5 atom stereocenters. The number of benzene rings is 1. The number of aliphatic hydroxyl groups excluding tert-OH is 4. The van der Waals surface area contributed by atoms with E-state index in [-0.39, 0.29) is 38.9 Å². The summed E-state index contributed by atoms with van der Waals surface area (Å²) in [5.74, 6) is -0.170. The van der Waals surface area contributed by atoms with Crippen LogP contribution in [0.1, 0.15) is 19.3 Å². The van der Waals surface area contributed by atoms with Crippen LogP contribution in [0.4, 0.5) is 0 Å². The van der Waals surface area contributed by atoms with E-state index < -0.39 is 37.1 Å². The average Bonchev–Trinajstić information content (AvgIpc) is 2.98. The number of hydrogen-bond donors (Lipinski definition) is 4. The van der Waals surface area contributed by atoms with Crippen LogP contribution in [0.3, 0.4) is 0 Å². The molecule has 2 unspecified atom stereocenters. The van der Waals surface area contributed by atoms with E-state index in [0.29, 0.717) is 13.0 Å². The van der Waals surface area contributed by atoms with E-state index in [1.807, 2.05) is 24.3 Å². The molecule has 0 amide bonds. The van der Waals surface area contributed by atoms with Crippen LogP contribution in [0.5, 0.6) is 0 Å². The fraction of sp³-hybridized carbons (Fsp3) is 0.556. The van der Waals surface area contributed by atoms with Crippen molar-refractivity contribution in [2.45, 2.75) is 56.3 Å². The fourth-order valence-electron chi connectivity index (χ4n) is 3.26. The Balaban J connectivity index is 1.53. The predicted octanol–water partition coefficient (Wildman–Crippen LogP) is -1.36. The second-order valence-corrected chi connectivity index (χ2v) is 8.94. The van der Waals surface area contributed by atoms with Crippen LogP contribution in [-0.2, 0) is 16.1 Å². The first-order valence-electron chi connectivity index (χ1n) is 8.83. The fourth-order valence-corrected chi connectivity index (χ4v) is 5.42. The van der Waals surface area contributed by atoms with Gasteiger partial charge < -0.3 is 0 Å². The second-order valence-electron chi connectivity index (χ2n) is 6.71. The van der Waals surface area contributed by atoms with Crippen LogP contribution in [0.2, 0.25) is 0 Å². The first-order chi connectivity index (χ1) is 12.9. The van der Waals surface area contributed by atoms with Gasteiger partial charge in [-0.1, -0.05) is 0 Å². The van der Waals surface area contributed by atoms with Gasteiger partial charge in [-0.05, 0) is 0 Å². The number of Topliss-reactive ketones (excluding diaryl/α,β-unsaturated/α-hetero) is 1. The predicted molar refractivity (Wildman–Crippen MR) is 97.8 cm³/mol. The van der Waals surface area contributed by atoms with E-state index in [0.717, 1.165) is 9.65 Å². The van der Waals surface area contributed by atoms with Crippen molar-refractivity contribution in [3.8, 4) is 0 Å². The summed E-state index contributed by atoms with van der Waals surface area (Å²) >= 11 is -0.0754. The summed E-state index contributed by atoms with van der Waals surface area (Å²) in [7, 11) is 0. The van der Waals surface area contributed by atoms with E-state index in [2.05, 4.69) is 0 Å². The zero-order valence-electron chi connectivity index (χ0n) is 14.6. The van der Waals surface area contributed by atoms with Gasteiger partial charge in [-0.2, -0.15) is 0 Å². The Morgan fingerprint density at radius 1 is 1.11 bits per heavy atom. The zero-order chi connectivity index (χ0) is 19.6. The van der Waals surface area contributed by atoms with Crippen LogP contribution in [0, 0.1) is 0 Å². The Bertz CT molecular complexity index is 846. The van der Waals surface area contributed by atoms with Crippen molar-refractivity contribution in [3.63, 3.8) is 0 Å². The van der Waals surface area contributed by atoms with Crippen LogP contribution in [-0.4, -0.2) is 81.6 Å². The SMILES string of the molecule is O=C(CCCn1[se]c2ccccc2c1=O)C[C@@H]1OC(CO)[C@H](O)[C@H](O)C1O. The number of carbonyl (C=O) groups is 1. The Hall–Kier alpha value is -1.32. The minimum absolute atomic E-state index is 0.00742. The molecular formula is C18H23NO7Se. The summed E-state index contributed by atoms with van der Waals surface area (Å²) < 4.78 is 8.15. The molecule has 27 heavy (non-hydrogen) atoms. The molecule has 3 rings (SSSR count). The number of aromatic nitrogens is 1. The maximum absolute atomic E-state index is 12.3. The number of aryl methyl sites for hydroxylation is 1. The maximum atomic E-state index is 12.3. The molecule has 1 saturated heterocycles. The van der Waals surface area contributed by atoms with Crippen LogP contribution < -0.4 is 5.56 Å². The van der Waals surface area contributed by atoms with Gasteiger partial charge in [0.2, 0.25) is 0 Å². The van der Waals surface area contributed by atoms with Gasteiger partial charge in [-0.15, -0.1) is 0 Å². The molecule has 0 aliphatic carbocycles. The summed E-state index contributed by atoms with van der Waals surface area (Å²) in [6.45, 7) is -0.0384. The third-order valence-corrected chi connectivity index (χ3v) is 7.14. The van der Waals surface area contributed by atoms with Gasteiger partial charge >= 0.3 is 161 Å². The van der Waals surface area contributed by atoms with Gasteiger partial charge in [0.1, 0.15) is 0 Å². The minimum atomic E-state index is -1.47. The van der Waals surface area contributed by atoms with Crippen molar-refractivity contribution >= 4 is 30.2 Å². The first kappa shape index (κ1) is 20.4. The molecule has 0 bridgehead atoms. The van der Waals surface area contributed by atoms with Gasteiger partial charge in [0.05, 0.1) is 0 Å². The Morgan fingerprint density at radius 2 is 1.81 bits per heavy atom. The van der Waals surface area contributed by atoms with Crippen LogP contribution in [0.25, 0.3) is 9.65 Å². The third kappa shape index (κ3) is 4.41. The standard InChI is InChI=1S/C18H23NO7Se/c20-9-13-16(23)17(24)15(22)12(26-13)8-10(21)4-3-7-19-18(25)11-5-1-2-6-14(11)27-19/h1-2,5-6,12-13,15-17,20,22-24H,3-4,7-9H2/t12-,13?,15?,16-,17+/m0/s1. The van der Waals surface area contributed by atoms with E-state index in [1.165, 1.54) is 0 Å². The molecule has 0 spiro atoms. The van der Waals surface area contributed by atoms with Gasteiger partial charge in [-0.3, -0.25) is 0 Å². The molecule has 0 radical (unpaired) electrons. The molecule has 4 N–H and O–H groups in total. The number of nitrogens with zero attached hydrogens (tertiary/aromatic N) is 1. The topological polar surface area (TPSA) is 129 Å². The second kappa shape index (κ2) is 8.79. The first-order valence-corrected chi connectivity index (χ1v) is 10.5. The normalized spacial score (nSPS) is 28.5. The Labute approximate surface area is 161 Å². The molecule has 9 heteroatoms. The molecule has 0 saturated carbocycles. The average molecular weight is 444 g/mol. The molecule has 2 heterocycles. The monoisotopic (exact) mass is 445 g/mol. The number of ether oxygens (including phenoxy) is 1. The van der Waals surface area contributed by atoms with Crippen LogP contribution in [0.15, 0.2) is 29.1 Å². The van der Waals surface area contributed by atoms with Crippen LogP contribution >= 0.6 is 0 Å². The summed E-state index contributed by atoms with van der Waals surface area (Å²) in [6.07, 6.45) is -5.70. The van der Waals surface area contributed by atoms with Crippen molar-refractivity contribution in [1.82, 2.24) is 3.56 Å².